The summed E-state index contributed by atoms with van der Waals surface area (Å²) in [5.74, 6) is 0. The maximum atomic E-state index is 5.96. The molecule has 0 aliphatic carbocycles. The van der Waals surface area contributed by atoms with Crippen LogP contribution in [0.4, 0.5) is 5.69 Å². The Balaban J connectivity index is 2.35. The largest absolute Gasteiger partial charge is 0.396 e. The molecular formula is C8H5Cl2N5S. The van der Waals surface area contributed by atoms with Crippen molar-refractivity contribution in [1.29, 1.82) is 0 Å². The average Bonchev–Trinajstić information content (AvgIpc) is 2.28. The summed E-state index contributed by atoms with van der Waals surface area (Å²) in [5.41, 5.74) is 6.24. The second kappa shape index (κ2) is 4.82. The van der Waals surface area contributed by atoms with E-state index in [1.54, 1.807) is 6.20 Å². The predicted molar refractivity (Wildman–Crippen MR) is 62.6 cm³/mol. The molecule has 0 radical (unpaired) electrons. The third-order valence-corrected chi connectivity index (χ3v) is 3.61. The fourth-order valence-electron chi connectivity index (χ4n) is 0.929. The first-order chi connectivity index (χ1) is 7.68. The van der Waals surface area contributed by atoms with E-state index in [2.05, 4.69) is 20.4 Å². The highest BCUT2D eigenvalue weighted by atomic mass is 35.5. The highest BCUT2D eigenvalue weighted by molar-refractivity contribution is 7.99. The van der Waals surface area contributed by atoms with Gasteiger partial charge in [0.05, 0.1) is 39.1 Å². The molecule has 2 heterocycles. The molecule has 0 unspecified atom stereocenters. The zero-order chi connectivity index (χ0) is 11.5. The van der Waals surface area contributed by atoms with Crippen LogP contribution in [-0.2, 0) is 0 Å². The number of nitrogen functional groups attached to an aromatic ring is 1. The van der Waals surface area contributed by atoms with Crippen LogP contribution in [0.25, 0.3) is 0 Å². The Bertz CT molecular complexity index is 522. The molecule has 0 aliphatic heterocycles. The van der Waals surface area contributed by atoms with Crippen LogP contribution in [0, 0.1) is 0 Å². The van der Waals surface area contributed by atoms with Crippen molar-refractivity contribution in [2.24, 2.45) is 0 Å². The number of rotatable bonds is 2. The van der Waals surface area contributed by atoms with Crippen molar-refractivity contribution in [1.82, 2.24) is 20.4 Å². The van der Waals surface area contributed by atoms with E-state index in [1.165, 1.54) is 24.2 Å². The fourth-order valence-corrected chi connectivity index (χ4v) is 2.13. The van der Waals surface area contributed by atoms with Gasteiger partial charge < -0.3 is 5.73 Å². The molecule has 2 N–H and O–H groups in total. The van der Waals surface area contributed by atoms with Gasteiger partial charge in [0.25, 0.3) is 0 Å². The lowest BCUT2D eigenvalue weighted by Crippen LogP contribution is -1.92. The quantitative estimate of drug-likeness (QED) is 0.905. The third kappa shape index (κ3) is 2.34. The van der Waals surface area contributed by atoms with Crippen LogP contribution in [-0.4, -0.2) is 20.4 Å². The van der Waals surface area contributed by atoms with Crippen LogP contribution in [0.3, 0.4) is 0 Å². The SMILES string of the molecule is Nc1cnncc1Sc1cnnc(Cl)c1Cl. The van der Waals surface area contributed by atoms with E-state index in [0.717, 1.165) is 4.90 Å². The second-order valence-electron chi connectivity index (χ2n) is 2.72. The van der Waals surface area contributed by atoms with Gasteiger partial charge >= 0.3 is 0 Å². The Morgan fingerprint density at radius 2 is 1.69 bits per heavy atom. The van der Waals surface area contributed by atoms with E-state index >= 15 is 0 Å². The lowest BCUT2D eigenvalue weighted by atomic mass is 10.5. The summed E-state index contributed by atoms with van der Waals surface area (Å²) in [5, 5.41) is 15.2. The Morgan fingerprint density at radius 1 is 1.00 bits per heavy atom. The van der Waals surface area contributed by atoms with Gasteiger partial charge in [-0.05, 0) is 0 Å². The van der Waals surface area contributed by atoms with Gasteiger partial charge in [0.15, 0.2) is 5.15 Å². The van der Waals surface area contributed by atoms with E-state index < -0.39 is 0 Å². The average molecular weight is 274 g/mol. The summed E-state index contributed by atoms with van der Waals surface area (Å²) < 4.78 is 0. The van der Waals surface area contributed by atoms with Gasteiger partial charge in [0, 0.05) is 0 Å². The molecule has 2 rings (SSSR count). The van der Waals surface area contributed by atoms with Crippen molar-refractivity contribution in [2.45, 2.75) is 9.79 Å². The molecule has 0 amide bonds. The number of nitrogens with two attached hydrogens (primary N) is 1. The molecule has 8 heteroatoms. The molecule has 0 aromatic carbocycles. The molecule has 16 heavy (non-hydrogen) atoms. The van der Waals surface area contributed by atoms with Crippen LogP contribution in [0.5, 0.6) is 0 Å². The minimum atomic E-state index is 0.159. The molecule has 0 saturated heterocycles. The van der Waals surface area contributed by atoms with Crippen LogP contribution < -0.4 is 5.73 Å². The summed E-state index contributed by atoms with van der Waals surface area (Å²) in [6.07, 6.45) is 4.52. The van der Waals surface area contributed by atoms with Crippen molar-refractivity contribution < 1.29 is 0 Å². The Labute approximate surface area is 105 Å². The van der Waals surface area contributed by atoms with Crippen molar-refractivity contribution in [2.75, 3.05) is 5.73 Å². The number of hydrogen-bond acceptors (Lipinski definition) is 6. The normalized spacial score (nSPS) is 10.4. The Morgan fingerprint density at radius 3 is 2.44 bits per heavy atom. The maximum absolute atomic E-state index is 5.96. The number of nitrogens with zero attached hydrogens (tertiary/aromatic N) is 4. The molecule has 2 aromatic rings. The predicted octanol–water partition coefficient (Wildman–Crippen LogP) is 2.31. The summed E-state index contributed by atoms with van der Waals surface area (Å²) in [7, 11) is 0. The first-order valence-corrected chi connectivity index (χ1v) is 5.66. The summed E-state index contributed by atoms with van der Waals surface area (Å²) in [6, 6.07) is 0. The van der Waals surface area contributed by atoms with Gasteiger partial charge in [0.1, 0.15) is 0 Å². The van der Waals surface area contributed by atoms with E-state index in [4.69, 9.17) is 28.9 Å². The van der Waals surface area contributed by atoms with Crippen LogP contribution in [0.1, 0.15) is 0 Å². The molecular weight excluding hydrogens is 269 g/mol. The van der Waals surface area contributed by atoms with Gasteiger partial charge in [-0.25, -0.2) is 0 Å². The molecule has 0 saturated carbocycles. The van der Waals surface area contributed by atoms with Crippen molar-refractivity contribution >= 4 is 40.7 Å². The Hall–Kier alpha value is -1.11. The summed E-state index contributed by atoms with van der Waals surface area (Å²) >= 11 is 13.0. The van der Waals surface area contributed by atoms with Crippen molar-refractivity contribution in [3.63, 3.8) is 0 Å². The van der Waals surface area contributed by atoms with E-state index in [9.17, 15) is 0 Å². The lowest BCUT2D eigenvalue weighted by molar-refractivity contribution is 0.990. The zero-order valence-corrected chi connectivity index (χ0v) is 10.1. The lowest BCUT2D eigenvalue weighted by Gasteiger charge is -2.05. The zero-order valence-electron chi connectivity index (χ0n) is 7.76. The van der Waals surface area contributed by atoms with Gasteiger partial charge in [-0.15, -0.1) is 5.10 Å². The van der Waals surface area contributed by atoms with Crippen molar-refractivity contribution in [3.8, 4) is 0 Å². The van der Waals surface area contributed by atoms with E-state index in [1.807, 2.05) is 0 Å². The molecule has 2 aromatic heterocycles. The highest BCUT2D eigenvalue weighted by Gasteiger charge is 2.10. The monoisotopic (exact) mass is 273 g/mol. The molecule has 0 bridgehead atoms. The van der Waals surface area contributed by atoms with Crippen LogP contribution in [0.15, 0.2) is 28.4 Å². The van der Waals surface area contributed by atoms with Gasteiger partial charge in [-0.3, -0.25) is 0 Å². The highest BCUT2D eigenvalue weighted by Crippen LogP contribution is 2.36. The fraction of sp³-hybridized carbons (Fsp3) is 0. The summed E-state index contributed by atoms with van der Waals surface area (Å²) in [4.78, 5) is 1.40. The number of halogens is 2. The number of anilines is 1. The van der Waals surface area contributed by atoms with E-state index in [-0.39, 0.29) is 5.15 Å². The maximum Gasteiger partial charge on any atom is 0.171 e. The van der Waals surface area contributed by atoms with Gasteiger partial charge in [-0.2, -0.15) is 15.3 Å². The first kappa shape index (κ1) is 11.4. The first-order valence-electron chi connectivity index (χ1n) is 4.09. The Kier molecular flexibility index (Phi) is 3.42. The number of hydrogen-bond donors (Lipinski definition) is 1. The molecule has 0 atom stereocenters. The van der Waals surface area contributed by atoms with E-state index in [0.29, 0.717) is 15.6 Å². The molecule has 5 nitrogen and oxygen atoms in total. The summed E-state index contributed by atoms with van der Waals surface area (Å²) in [6.45, 7) is 0. The topological polar surface area (TPSA) is 77.6 Å². The van der Waals surface area contributed by atoms with Crippen LogP contribution >= 0.6 is 35.0 Å². The molecule has 0 fully saturated rings. The molecule has 0 spiro atoms. The third-order valence-electron chi connectivity index (χ3n) is 1.66. The smallest absolute Gasteiger partial charge is 0.171 e. The minimum Gasteiger partial charge on any atom is -0.396 e. The standard InChI is InChI=1S/C8H5Cl2N5S/c9-7-6(3-14-15-8(7)10)16-5-2-13-12-1-4(5)11/h1-3H,(H2,11,13). The van der Waals surface area contributed by atoms with Crippen LogP contribution in [0.2, 0.25) is 10.2 Å². The number of aromatic nitrogens is 4. The molecule has 82 valence electrons. The van der Waals surface area contributed by atoms with Crippen molar-refractivity contribution in [3.05, 3.63) is 28.8 Å². The van der Waals surface area contributed by atoms with Gasteiger partial charge in [0.2, 0.25) is 0 Å². The minimum absolute atomic E-state index is 0.159. The molecule has 0 aliphatic rings. The van der Waals surface area contributed by atoms with Gasteiger partial charge in [-0.1, -0.05) is 35.0 Å². The second-order valence-corrected chi connectivity index (χ2v) is 4.54.